The fraction of sp³-hybridized carbons (Fsp3) is 0.600. The fourth-order valence-electron chi connectivity index (χ4n) is 1.98. The molecule has 0 spiro atoms. The van der Waals surface area contributed by atoms with Crippen LogP contribution in [0.25, 0.3) is 0 Å². The summed E-state index contributed by atoms with van der Waals surface area (Å²) in [6.45, 7) is 11.0. The van der Waals surface area contributed by atoms with Crippen LogP contribution < -0.4 is 0 Å². The van der Waals surface area contributed by atoms with Crippen molar-refractivity contribution < 1.29 is 5.11 Å². The largest absolute Gasteiger partial charge is 0.395 e. The Labute approximate surface area is 99.5 Å². The Hall–Kier alpha value is -0.820. The van der Waals surface area contributed by atoms with Gasteiger partial charge in [-0.1, -0.05) is 52.8 Å². The van der Waals surface area contributed by atoms with Crippen LogP contribution in [0.1, 0.15) is 57.2 Å². The lowest BCUT2D eigenvalue weighted by Crippen LogP contribution is -2.24. The highest BCUT2D eigenvalue weighted by Gasteiger charge is 2.22. The number of hydrogen-bond acceptors (Lipinski definition) is 1. The van der Waals surface area contributed by atoms with Crippen molar-refractivity contribution in [2.75, 3.05) is 6.61 Å². The van der Waals surface area contributed by atoms with E-state index in [2.05, 4.69) is 52.8 Å². The second-order valence-electron chi connectivity index (χ2n) is 5.47. The van der Waals surface area contributed by atoms with Crippen molar-refractivity contribution in [1.82, 2.24) is 0 Å². The molecule has 1 heteroatoms. The van der Waals surface area contributed by atoms with E-state index in [0.29, 0.717) is 5.92 Å². The third kappa shape index (κ3) is 2.65. The molecule has 0 heterocycles. The van der Waals surface area contributed by atoms with Crippen molar-refractivity contribution >= 4 is 0 Å². The summed E-state index contributed by atoms with van der Waals surface area (Å²) in [7, 11) is 0. The molecule has 0 aliphatic heterocycles. The van der Waals surface area contributed by atoms with Gasteiger partial charge < -0.3 is 5.11 Å². The second-order valence-corrected chi connectivity index (χ2v) is 5.47. The van der Waals surface area contributed by atoms with Gasteiger partial charge in [0.25, 0.3) is 0 Å². The first kappa shape index (κ1) is 13.2. The Morgan fingerprint density at radius 3 is 2.31 bits per heavy atom. The topological polar surface area (TPSA) is 20.2 Å². The first-order chi connectivity index (χ1) is 7.42. The second kappa shape index (κ2) is 5.01. The molecule has 1 nitrogen and oxygen atoms in total. The van der Waals surface area contributed by atoms with E-state index in [1.165, 1.54) is 16.7 Å². The van der Waals surface area contributed by atoms with Crippen LogP contribution in [0.3, 0.4) is 0 Å². The summed E-state index contributed by atoms with van der Waals surface area (Å²) in [6, 6.07) is 6.68. The van der Waals surface area contributed by atoms with Gasteiger partial charge >= 0.3 is 0 Å². The number of hydrogen-bond donors (Lipinski definition) is 1. The van der Waals surface area contributed by atoms with Gasteiger partial charge in [-0.3, -0.25) is 0 Å². The molecule has 16 heavy (non-hydrogen) atoms. The van der Waals surface area contributed by atoms with Gasteiger partial charge in [-0.05, 0) is 29.0 Å². The highest BCUT2D eigenvalue weighted by molar-refractivity contribution is 5.38. The molecular weight excluding hydrogens is 196 g/mol. The average Bonchev–Trinajstić information content (AvgIpc) is 2.28. The number of benzene rings is 1. The van der Waals surface area contributed by atoms with Crippen molar-refractivity contribution in [3.8, 4) is 0 Å². The molecular formula is C15H24O. The van der Waals surface area contributed by atoms with Crippen molar-refractivity contribution in [3.05, 3.63) is 34.9 Å². The summed E-state index contributed by atoms with van der Waals surface area (Å²) in [5.41, 5.74) is 3.86. The Balaban J connectivity index is 3.27. The molecule has 0 fully saturated rings. The van der Waals surface area contributed by atoms with E-state index in [0.717, 1.165) is 6.42 Å². The molecule has 0 saturated carbocycles. The molecule has 1 rings (SSSR count). The zero-order valence-corrected chi connectivity index (χ0v) is 11.2. The van der Waals surface area contributed by atoms with Crippen LogP contribution in [0.15, 0.2) is 18.2 Å². The zero-order valence-electron chi connectivity index (χ0n) is 11.2. The van der Waals surface area contributed by atoms with Crippen molar-refractivity contribution in [1.29, 1.82) is 0 Å². The summed E-state index contributed by atoms with van der Waals surface area (Å²) in [4.78, 5) is 0. The van der Waals surface area contributed by atoms with Crippen LogP contribution in [-0.4, -0.2) is 11.7 Å². The Bertz CT molecular complexity index is 350. The molecule has 0 unspecified atom stereocenters. The fourth-order valence-corrected chi connectivity index (χ4v) is 1.98. The molecule has 0 aliphatic carbocycles. The molecule has 1 aromatic carbocycles. The van der Waals surface area contributed by atoms with Gasteiger partial charge in [0.2, 0.25) is 0 Å². The smallest absolute Gasteiger partial charge is 0.0522 e. The molecule has 0 aliphatic rings. The van der Waals surface area contributed by atoms with Gasteiger partial charge in [0, 0.05) is 5.41 Å². The van der Waals surface area contributed by atoms with Crippen molar-refractivity contribution in [2.45, 2.75) is 52.4 Å². The monoisotopic (exact) mass is 220 g/mol. The van der Waals surface area contributed by atoms with Gasteiger partial charge in [0.15, 0.2) is 0 Å². The summed E-state index contributed by atoms with van der Waals surface area (Å²) in [5, 5.41) is 9.50. The van der Waals surface area contributed by atoms with Crippen LogP contribution in [0.2, 0.25) is 0 Å². The lowest BCUT2D eigenvalue weighted by Gasteiger charge is -2.26. The molecule has 0 atom stereocenters. The summed E-state index contributed by atoms with van der Waals surface area (Å²) in [5.74, 6) is 0.541. The van der Waals surface area contributed by atoms with Gasteiger partial charge in [0.05, 0.1) is 6.61 Å². The molecule has 0 bridgehead atoms. The number of rotatable bonds is 4. The Kier molecular flexibility index (Phi) is 4.15. The first-order valence-corrected chi connectivity index (χ1v) is 6.16. The Morgan fingerprint density at radius 1 is 1.25 bits per heavy atom. The maximum Gasteiger partial charge on any atom is 0.0522 e. The molecule has 1 N–H and O–H groups in total. The lowest BCUT2D eigenvalue weighted by atomic mass is 9.80. The molecule has 0 amide bonds. The van der Waals surface area contributed by atoms with Crippen LogP contribution >= 0.6 is 0 Å². The van der Waals surface area contributed by atoms with E-state index in [-0.39, 0.29) is 12.0 Å². The van der Waals surface area contributed by atoms with Gasteiger partial charge in [0.1, 0.15) is 0 Å². The quantitative estimate of drug-likeness (QED) is 0.821. The number of aryl methyl sites for hydroxylation is 1. The van der Waals surface area contributed by atoms with Crippen LogP contribution in [-0.2, 0) is 11.8 Å². The summed E-state index contributed by atoms with van der Waals surface area (Å²) >= 11 is 0. The first-order valence-electron chi connectivity index (χ1n) is 6.16. The van der Waals surface area contributed by atoms with E-state index in [9.17, 15) is 5.11 Å². The van der Waals surface area contributed by atoms with Crippen molar-refractivity contribution in [2.24, 2.45) is 0 Å². The van der Waals surface area contributed by atoms with Crippen LogP contribution in [0.4, 0.5) is 0 Å². The summed E-state index contributed by atoms with van der Waals surface area (Å²) < 4.78 is 0. The highest BCUT2D eigenvalue weighted by Crippen LogP contribution is 2.29. The Morgan fingerprint density at radius 2 is 1.88 bits per heavy atom. The lowest BCUT2D eigenvalue weighted by molar-refractivity contribution is 0.217. The minimum absolute atomic E-state index is 0.143. The average molecular weight is 220 g/mol. The van der Waals surface area contributed by atoms with Crippen molar-refractivity contribution in [3.63, 3.8) is 0 Å². The minimum Gasteiger partial charge on any atom is -0.395 e. The third-order valence-electron chi connectivity index (χ3n) is 3.31. The normalized spacial score (nSPS) is 12.2. The predicted octanol–water partition coefficient (Wildman–Crippen LogP) is 3.64. The van der Waals surface area contributed by atoms with E-state index in [1.807, 2.05) is 0 Å². The van der Waals surface area contributed by atoms with E-state index < -0.39 is 0 Å². The summed E-state index contributed by atoms with van der Waals surface area (Å²) in [6.07, 6.45) is 1.02. The van der Waals surface area contributed by atoms with E-state index >= 15 is 0 Å². The molecule has 0 aromatic heterocycles. The number of aliphatic hydroxyl groups excluding tert-OH is 1. The van der Waals surface area contributed by atoms with Gasteiger partial charge in [-0.15, -0.1) is 0 Å². The standard InChI is InChI=1S/C15H24O/c1-6-12-7-8-13(11(2)3)9-14(12)15(4,5)10-16/h7-9,11,16H,6,10H2,1-5H3. The molecule has 0 radical (unpaired) electrons. The predicted molar refractivity (Wildman–Crippen MR) is 70.0 cm³/mol. The van der Waals surface area contributed by atoms with Gasteiger partial charge in [-0.25, -0.2) is 0 Å². The molecule has 90 valence electrons. The highest BCUT2D eigenvalue weighted by atomic mass is 16.3. The minimum atomic E-state index is -0.143. The third-order valence-corrected chi connectivity index (χ3v) is 3.31. The maximum absolute atomic E-state index is 9.50. The van der Waals surface area contributed by atoms with E-state index in [1.54, 1.807) is 0 Å². The van der Waals surface area contributed by atoms with Crippen LogP contribution in [0.5, 0.6) is 0 Å². The van der Waals surface area contributed by atoms with E-state index in [4.69, 9.17) is 0 Å². The van der Waals surface area contributed by atoms with Crippen LogP contribution in [0, 0.1) is 0 Å². The molecule has 1 aromatic rings. The number of aliphatic hydroxyl groups is 1. The zero-order chi connectivity index (χ0) is 12.3. The van der Waals surface area contributed by atoms with Gasteiger partial charge in [-0.2, -0.15) is 0 Å². The SMILES string of the molecule is CCc1ccc(C(C)C)cc1C(C)(C)CO. The molecule has 0 saturated heterocycles. The maximum atomic E-state index is 9.50.